The molecule has 0 amide bonds. The van der Waals surface area contributed by atoms with Gasteiger partial charge in [0.05, 0.1) is 0 Å². The lowest BCUT2D eigenvalue weighted by Gasteiger charge is -2.08. The van der Waals surface area contributed by atoms with Gasteiger partial charge in [0.2, 0.25) is 0 Å². The third-order valence-corrected chi connectivity index (χ3v) is 3.30. The lowest BCUT2D eigenvalue weighted by molar-refractivity contribution is -0.134. The average Bonchev–Trinajstić information content (AvgIpc) is 2.86. The van der Waals surface area contributed by atoms with Crippen LogP contribution in [0.1, 0.15) is 11.4 Å². The van der Waals surface area contributed by atoms with Crippen molar-refractivity contribution in [3.8, 4) is 10.6 Å². The van der Waals surface area contributed by atoms with Gasteiger partial charge >= 0.3 is 5.97 Å². The van der Waals surface area contributed by atoms with Gasteiger partial charge in [0.15, 0.2) is 0 Å². The molecule has 0 spiro atoms. The topological polar surface area (TPSA) is 75.1 Å². The molecule has 20 heavy (non-hydrogen) atoms. The fourth-order valence-corrected chi connectivity index (χ4v) is 2.20. The fraction of sp³-hybridized carbons (Fsp3) is 0.308. The zero-order chi connectivity index (χ0) is 15.1. The molecular formula is C13H16IN3O2S. The molecule has 0 saturated carbocycles. The van der Waals surface area contributed by atoms with Crippen molar-refractivity contribution in [2.75, 3.05) is 16.8 Å². The molecule has 1 aromatic heterocycles. The number of rotatable bonds is 4. The second kappa shape index (κ2) is 8.15. The van der Waals surface area contributed by atoms with Gasteiger partial charge in [-0.3, -0.25) is 4.79 Å². The van der Waals surface area contributed by atoms with Crippen LogP contribution in [0.25, 0.3) is 10.6 Å². The van der Waals surface area contributed by atoms with E-state index in [0.29, 0.717) is 0 Å². The van der Waals surface area contributed by atoms with Crippen LogP contribution in [0, 0.1) is 13.8 Å². The van der Waals surface area contributed by atoms with E-state index in [9.17, 15) is 4.79 Å². The van der Waals surface area contributed by atoms with E-state index in [0.717, 1.165) is 27.6 Å². The van der Waals surface area contributed by atoms with Crippen LogP contribution in [0.3, 0.4) is 0 Å². The Kier molecular flexibility index (Phi) is 6.86. The van der Waals surface area contributed by atoms with Gasteiger partial charge in [-0.15, -0.1) is 0 Å². The number of carbonyl (C=O) groups is 1. The van der Waals surface area contributed by atoms with Crippen LogP contribution in [-0.4, -0.2) is 31.9 Å². The summed E-state index contributed by atoms with van der Waals surface area (Å²) in [6.45, 7) is 3.68. The molecule has 1 aromatic carbocycles. The van der Waals surface area contributed by atoms with Gasteiger partial charge in [0, 0.05) is 11.3 Å². The van der Waals surface area contributed by atoms with Gasteiger partial charge in [-0.05, 0) is 41.9 Å². The highest BCUT2D eigenvalue weighted by Crippen LogP contribution is 2.26. The second-order valence-electron chi connectivity index (χ2n) is 3.92. The van der Waals surface area contributed by atoms with Crippen molar-refractivity contribution in [2.45, 2.75) is 13.8 Å². The molecule has 0 unspecified atom stereocenters. The summed E-state index contributed by atoms with van der Waals surface area (Å²) >= 11 is 3.49. The first-order chi connectivity index (χ1) is 9.56. The molecule has 2 rings (SSSR count). The van der Waals surface area contributed by atoms with Crippen molar-refractivity contribution in [2.24, 2.45) is 0 Å². The van der Waals surface area contributed by atoms with Crippen molar-refractivity contribution < 1.29 is 9.90 Å². The minimum atomic E-state index is -0.883. The lowest BCUT2D eigenvalue weighted by Crippen LogP contribution is -2.13. The van der Waals surface area contributed by atoms with E-state index in [1.54, 1.807) is 0 Å². The quantitative estimate of drug-likeness (QED) is 0.603. The van der Waals surface area contributed by atoms with E-state index in [-0.39, 0.29) is 6.54 Å². The van der Waals surface area contributed by atoms with Crippen LogP contribution < -0.4 is 5.32 Å². The lowest BCUT2D eigenvalue weighted by atomic mass is 10.1. The summed E-state index contributed by atoms with van der Waals surface area (Å²) in [4.78, 5) is 16.8. The Balaban J connectivity index is 0.000000956. The largest absolute Gasteiger partial charge is 0.480 e. The zero-order valence-electron chi connectivity index (χ0n) is 11.5. The van der Waals surface area contributed by atoms with Crippen LogP contribution in [0.5, 0.6) is 0 Å². The van der Waals surface area contributed by atoms with Crippen molar-refractivity contribution in [1.82, 2.24) is 9.36 Å². The highest BCUT2D eigenvalue weighted by Gasteiger charge is 2.07. The Labute approximate surface area is 135 Å². The number of nitrogens with zero attached hydrogens (tertiary/aromatic N) is 2. The maximum atomic E-state index is 10.6. The van der Waals surface area contributed by atoms with Crippen molar-refractivity contribution in [1.29, 1.82) is 0 Å². The Morgan fingerprint density at radius 1 is 1.40 bits per heavy atom. The third-order valence-electron chi connectivity index (χ3n) is 2.44. The Morgan fingerprint density at radius 3 is 2.65 bits per heavy atom. The predicted molar refractivity (Wildman–Crippen MR) is 90.9 cm³/mol. The third kappa shape index (κ3) is 4.71. The van der Waals surface area contributed by atoms with Crippen LogP contribution in [0.2, 0.25) is 0 Å². The maximum absolute atomic E-state index is 10.6. The molecule has 2 aromatic rings. The number of hydrogen-bond donors (Lipinski definition) is 2. The molecule has 0 atom stereocenters. The minimum absolute atomic E-state index is 0.0978. The molecule has 7 heteroatoms. The summed E-state index contributed by atoms with van der Waals surface area (Å²) in [5, 5.41) is 12.4. The summed E-state index contributed by atoms with van der Waals surface area (Å²) in [5.74, 6) is -0.137. The molecule has 0 aliphatic carbocycles. The van der Waals surface area contributed by atoms with Gasteiger partial charge in [0.1, 0.15) is 17.4 Å². The number of carboxylic acid groups (broad SMARTS) is 1. The van der Waals surface area contributed by atoms with E-state index < -0.39 is 5.97 Å². The van der Waals surface area contributed by atoms with Gasteiger partial charge in [-0.1, -0.05) is 34.7 Å². The van der Waals surface area contributed by atoms with Gasteiger partial charge in [-0.2, -0.15) is 4.37 Å². The Hall–Kier alpha value is -1.22. The molecule has 0 aliphatic heterocycles. The molecule has 5 nitrogen and oxygen atoms in total. The smallest absolute Gasteiger partial charge is 0.322 e. The van der Waals surface area contributed by atoms with Crippen LogP contribution in [0.15, 0.2) is 18.2 Å². The molecule has 108 valence electrons. The van der Waals surface area contributed by atoms with E-state index in [1.807, 2.05) is 37.0 Å². The van der Waals surface area contributed by atoms with Crippen molar-refractivity contribution in [3.63, 3.8) is 0 Å². The van der Waals surface area contributed by atoms with E-state index in [1.165, 1.54) is 11.5 Å². The molecule has 0 aliphatic rings. The van der Waals surface area contributed by atoms with Crippen molar-refractivity contribution >= 4 is 45.8 Å². The molecule has 0 bridgehead atoms. The highest BCUT2D eigenvalue weighted by molar-refractivity contribution is 14.1. The summed E-state index contributed by atoms with van der Waals surface area (Å²) in [5.41, 5.74) is 2.75. The minimum Gasteiger partial charge on any atom is -0.480 e. The monoisotopic (exact) mass is 405 g/mol. The molecule has 2 N–H and O–H groups in total. The summed E-state index contributed by atoms with van der Waals surface area (Å²) in [6, 6.07) is 5.80. The van der Waals surface area contributed by atoms with E-state index in [4.69, 9.17) is 5.11 Å². The van der Waals surface area contributed by atoms with Gasteiger partial charge in [-0.25, -0.2) is 4.98 Å². The number of benzene rings is 1. The average molecular weight is 405 g/mol. The Morgan fingerprint density at radius 2 is 2.10 bits per heavy atom. The van der Waals surface area contributed by atoms with Crippen molar-refractivity contribution in [3.05, 3.63) is 29.6 Å². The second-order valence-corrected chi connectivity index (χ2v) is 4.68. The molecule has 0 saturated heterocycles. The zero-order valence-corrected chi connectivity index (χ0v) is 14.4. The number of halogens is 1. The first kappa shape index (κ1) is 16.8. The summed E-state index contributed by atoms with van der Waals surface area (Å²) in [7, 11) is 0. The first-order valence-electron chi connectivity index (χ1n) is 5.81. The Bertz CT molecular complexity index is 587. The fourth-order valence-electron chi connectivity index (χ4n) is 1.53. The molecule has 1 heterocycles. The molecule has 0 fully saturated rings. The number of carboxylic acids is 1. The number of aromatic nitrogens is 2. The van der Waals surface area contributed by atoms with Crippen LogP contribution in [-0.2, 0) is 4.79 Å². The first-order valence-corrected chi connectivity index (χ1v) is 8.74. The standard InChI is InChI=1S/C12H13N3O2S.CH3I/c1-7-3-4-9(12-14-8(2)15-18-12)5-10(7)13-6-11(16)17;1-2/h3-5,13H,6H2,1-2H3,(H,16,17);1H3. The highest BCUT2D eigenvalue weighted by atomic mass is 127. The van der Waals surface area contributed by atoms with Gasteiger partial charge < -0.3 is 10.4 Å². The van der Waals surface area contributed by atoms with Gasteiger partial charge in [0.25, 0.3) is 0 Å². The number of nitrogens with one attached hydrogen (secondary N) is 1. The predicted octanol–water partition coefficient (Wildman–Crippen LogP) is 3.37. The normalized spacial score (nSPS) is 9.60. The maximum Gasteiger partial charge on any atom is 0.322 e. The number of anilines is 1. The van der Waals surface area contributed by atoms with Crippen LogP contribution in [0.4, 0.5) is 5.69 Å². The molecule has 0 radical (unpaired) electrons. The SMILES string of the molecule is CI.Cc1nsc(-c2ccc(C)c(NCC(=O)O)c2)n1. The molecular weight excluding hydrogens is 389 g/mol. The number of alkyl halides is 1. The van der Waals surface area contributed by atoms with E-state index in [2.05, 4.69) is 37.3 Å². The summed E-state index contributed by atoms with van der Waals surface area (Å²) in [6.07, 6.45) is 0. The number of hydrogen-bond acceptors (Lipinski definition) is 5. The van der Waals surface area contributed by atoms with E-state index >= 15 is 0 Å². The van der Waals surface area contributed by atoms with Crippen LogP contribution >= 0.6 is 34.1 Å². The number of aliphatic carboxylic acids is 1. The number of aryl methyl sites for hydroxylation is 2. The summed E-state index contributed by atoms with van der Waals surface area (Å²) < 4.78 is 4.14.